The topological polar surface area (TPSA) is 158 Å². The van der Waals surface area contributed by atoms with E-state index in [9.17, 15) is 29.1 Å². The van der Waals surface area contributed by atoms with E-state index in [1.54, 1.807) is 25.7 Å². The van der Waals surface area contributed by atoms with Gasteiger partial charge in [0, 0.05) is 25.4 Å². The maximum atomic E-state index is 14.4. The maximum absolute atomic E-state index is 14.4. The highest BCUT2D eigenvalue weighted by atomic mass is 16.6. The van der Waals surface area contributed by atoms with Crippen LogP contribution in [0.3, 0.4) is 0 Å². The molecule has 0 spiro atoms. The summed E-state index contributed by atoms with van der Waals surface area (Å²) in [6, 6.07) is 5.90. The second-order valence-electron chi connectivity index (χ2n) is 16.1. The molecule has 1 saturated carbocycles. The quantitative estimate of drug-likeness (QED) is 0.371. The van der Waals surface area contributed by atoms with Crippen molar-refractivity contribution in [1.82, 2.24) is 25.3 Å². The molecule has 5 aliphatic rings. The van der Waals surface area contributed by atoms with Crippen molar-refractivity contribution in [3.63, 3.8) is 0 Å². The summed E-state index contributed by atoms with van der Waals surface area (Å²) >= 11 is 0. The number of ether oxygens (including phenoxy) is 2. The third kappa shape index (κ3) is 8.73. The van der Waals surface area contributed by atoms with E-state index in [4.69, 9.17) is 9.47 Å². The average molecular weight is 722 g/mol. The fourth-order valence-corrected chi connectivity index (χ4v) is 8.26. The molecule has 4 aliphatic heterocycles. The van der Waals surface area contributed by atoms with Crippen molar-refractivity contribution in [2.45, 2.75) is 127 Å². The molecule has 6 atom stereocenters. The van der Waals surface area contributed by atoms with Crippen molar-refractivity contribution in [3.05, 3.63) is 47.5 Å². The number of carboxylic acid groups (broad SMARTS) is 1. The lowest BCUT2D eigenvalue weighted by molar-refractivity contribution is -0.145. The van der Waals surface area contributed by atoms with Crippen molar-refractivity contribution >= 4 is 30.0 Å². The van der Waals surface area contributed by atoms with Gasteiger partial charge in [-0.3, -0.25) is 14.5 Å². The first-order chi connectivity index (χ1) is 24.8. The first kappa shape index (κ1) is 37.6. The van der Waals surface area contributed by atoms with Gasteiger partial charge in [-0.05, 0) is 89.9 Å². The zero-order chi connectivity index (χ0) is 37.0. The number of amides is 4. The summed E-state index contributed by atoms with van der Waals surface area (Å²) < 4.78 is 11.7. The molecule has 2 saturated heterocycles. The molecule has 4 heterocycles. The number of aliphatic carboxylic acids is 1. The lowest BCUT2D eigenvalue weighted by Crippen LogP contribution is -2.56. The predicted molar refractivity (Wildman–Crippen MR) is 192 cm³/mol. The number of carbonyl (C=O) groups excluding carboxylic acids is 4. The molecular formula is C39H55N5O8. The highest BCUT2D eigenvalue weighted by molar-refractivity contribution is 5.96. The van der Waals surface area contributed by atoms with Crippen LogP contribution in [0.4, 0.5) is 9.59 Å². The minimum Gasteiger partial charge on any atom is -0.479 e. The lowest BCUT2D eigenvalue weighted by Gasteiger charge is -2.40. The number of fused-ring (bicyclic) bond motifs is 3. The van der Waals surface area contributed by atoms with Gasteiger partial charge in [-0.1, -0.05) is 55.7 Å². The van der Waals surface area contributed by atoms with E-state index in [1.807, 2.05) is 24.3 Å². The molecule has 1 aromatic carbocycles. The first-order valence-electron chi connectivity index (χ1n) is 19.1. The third-order valence-electron chi connectivity index (χ3n) is 11.1. The van der Waals surface area contributed by atoms with Gasteiger partial charge in [0.25, 0.3) is 0 Å². The van der Waals surface area contributed by atoms with Crippen LogP contribution in [-0.2, 0) is 30.3 Å². The molecule has 52 heavy (non-hydrogen) atoms. The number of carbonyl (C=O) groups is 5. The van der Waals surface area contributed by atoms with Crippen LogP contribution in [-0.4, -0.2) is 112 Å². The molecule has 0 aromatic heterocycles. The fraction of sp³-hybridized carbons (Fsp3) is 0.667. The van der Waals surface area contributed by atoms with Gasteiger partial charge in [0.05, 0.1) is 12.6 Å². The largest absolute Gasteiger partial charge is 0.479 e. The van der Waals surface area contributed by atoms with Crippen LogP contribution in [0, 0.1) is 5.92 Å². The molecule has 13 heteroatoms. The lowest BCUT2D eigenvalue weighted by atomic mass is 9.92. The van der Waals surface area contributed by atoms with Crippen LogP contribution >= 0.6 is 0 Å². The van der Waals surface area contributed by atoms with Crippen LogP contribution in [0.25, 0.3) is 0 Å². The van der Waals surface area contributed by atoms with Gasteiger partial charge in [-0.2, -0.15) is 0 Å². The van der Waals surface area contributed by atoms with E-state index in [1.165, 1.54) is 16.9 Å². The third-order valence-corrected chi connectivity index (χ3v) is 11.1. The number of nitrogens with one attached hydrogen (secondary N) is 2. The summed E-state index contributed by atoms with van der Waals surface area (Å²) in [6.45, 7) is 8.26. The summed E-state index contributed by atoms with van der Waals surface area (Å²) in [7, 11) is 0. The molecule has 1 aliphatic carbocycles. The number of nitrogens with zero attached hydrogens (tertiary/aromatic N) is 3. The Hall–Kier alpha value is -4.13. The Morgan fingerprint density at radius 3 is 2.52 bits per heavy atom. The minimum atomic E-state index is -1.46. The van der Waals surface area contributed by atoms with Crippen molar-refractivity contribution < 1.29 is 38.6 Å². The Morgan fingerprint density at radius 2 is 1.77 bits per heavy atom. The SMILES string of the molecule is CC(C)(C)OC(=O)N[C@H]1CCCCC/C=C/[C@@H]2C[C@@]2(C(=O)O)NC(=O)[C@@H]2C[C@@H](OC(=O)N3CCc4ccccc4C3CN3CCCCC3)CN2C1=O. The summed E-state index contributed by atoms with van der Waals surface area (Å²) in [4.78, 5) is 73.4. The molecule has 1 aromatic rings. The van der Waals surface area contributed by atoms with Crippen LogP contribution < -0.4 is 10.6 Å². The van der Waals surface area contributed by atoms with Crippen LogP contribution in [0.1, 0.15) is 102 Å². The Kier molecular flexibility index (Phi) is 11.5. The number of piperidine rings is 1. The van der Waals surface area contributed by atoms with E-state index in [0.29, 0.717) is 32.4 Å². The molecule has 6 rings (SSSR count). The van der Waals surface area contributed by atoms with Gasteiger partial charge >= 0.3 is 18.2 Å². The average Bonchev–Trinajstić information content (AvgIpc) is 3.64. The van der Waals surface area contributed by atoms with Crippen molar-refractivity contribution in [2.24, 2.45) is 5.92 Å². The molecule has 13 nitrogen and oxygen atoms in total. The zero-order valence-electron chi connectivity index (χ0n) is 30.8. The number of allylic oxidation sites excluding steroid dienone is 1. The summed E-state index contributed by atoms with van der Waals surface area (Å²) in [5, 5.41) is 15.7. The van der Waals surface area contributed by atoms with E-state index in [0.717, 1.165) is 50.8 Å². The van der Waals surface area contributed by atoms with Crippen molar-refractivity contribution in [2.75, 3.05) is 32.7 Å². The van der Waals surface area contributed by atoms with Gasteiger partial charge < -0.3 is 35.0 Å². The minimum absolute atomic E-state index is 0.000105. The molecule has 3 N–H and O–H groups in total. The zero-order valence-corrected chi connectivity index (χ0v) is 30.8. The predicted octanol–water partition coefficient (Wildman–Crippen LogP) is 4.55. The van der Waals surface area contributed by atoms with Gasteiger partial charge in [-0.15, -0.1) is 0 Å². The second-order valence-corrected chi connectivity index (χ2v) is 16.1. The highest BCUT2D eigenvalue weighted by Gasteiger charge is 2.61. The van der Waals surface area contributed by atoms with E-state index < -0.39 is 59.3 Å². The first-order valence-corrected chi connectivity index (χ1v) is 19.1. The van der Waals surface area contributed by atoms with E-state index >= 15 is 0 Å². The number of hydrogen-bond donors (Lipinski definition) is 3. The maximum Gasteiger partial charge on any atom is 0.410 e. The smallest absolute Gasteiger partial charge is 0.410 e. The highest BCUT2D eigenvalue weighted by Crippen LogP contribution is 2.45. The number of likely N-dealkylation sites (tertiary alicyclic amines) is 1. The fourth-order valence-electron chi connectivity index (χ4n) is 8.26. The molecule has 284 valence electrons. The van der Waals surface area contributed by atoms with E-state index in [2.05, 4.69) is 27.7 Å². The monoisotopic (exact) mass is 721 g/mol. The normalized spacial score (nSPS) is 30.7. The van der Waals surface area contributed by atoms with Crippen molar-refractivity contribution in [3.8, 4) is 0 Å². The van der Waals surface area contributed by atoms with Crippen molar-refractivity contribution in [1.29, 1.82) is 0 Å². The molecule has 4 amide bonds. The number of alkyl carbamates (subject to hydrolysis) is 1. The molecular weight excluding hydrogens is 666 g/mol. The van der Waals surface area contributed by atoms with Gasteiger partial charge in [0.15, 0.2) is 0 Å². The second kappa shape index (κ2) is 15.9. The molecule has 0 bridgehead atoms. The van der Waals surface area contributed by atoms with Crippen LogP contribution in [0.2, 0.25) is 0 Å². The van der Waals surface area contributed by atoms with E-state index in [-0.39, 0.29) is 31.3 Å². The van der Waals surface area contributed by atoms with Crippen LogP contribution in [0.5, 0.6) is 0 Å². The summed E-state index contributed by atoms with van der Waals surface area (Å²) in [5.74, 6) is -2.61. The summed E-state index contributed by atoms with van der Waals surface area (Å²) in [5.41, 5.74) is 0.0649. The molecule has 3 fully saturated rings. The molecule has 0 radical (unpaired) electrons. The number of rotatable bonds is 5. The van der Waals surface area contributed by atoms with Gasteiger partial charge in [0.1, 0.15) is 29.3 Å². The van der Waals surface area contributed by atoms with Gasteiger partial charge in [-0.25, -0.2) is 14.4 Å². The molecule has 1 unspecified atom stereocenters. The Morgan fingerprint density at radius 1 is 1.02 bits per heavy atom. The van der Waals surface area contributed by atoms with Crippen LogP contribution in [0.15, 0.2) is 36.4 Å². The standard InChI is InChI=1S/C39H55N5O8/c1-38(2,3)52-36(49)40-30-17-9-6-4-5-8-15-27-23-39(27,35(47)48)41-33(45)31-22-28(24-44(31)34(30)46)51-37(50)43-21-18-26-14-10-11-16-29(26)32(43)25-42-19-12-7-13-20-42/h8,10-11,14-16,27-28,30-32H,4-7,9,12-13,17-25H2,1-3H3,(H,40,49)(H,41,45)(H,47,48)/b15-8+/t27-,28-,30+,31+,32?,39-/m1/s1. The van der Waals surface area contributed by atoms with Gasteiger partial charge in [0.2, 0.25) is 11.8 Å². The Balaban J connectivity index is 1.24. The number of benzene rings is 1. The number of hydrogen-bond acceptors (Lipinski definition) is 8. The summed E-state index contributed by atoms with van der Waals surface area (Å²) in [6.07, 6.45) is 9.45. The Bertz CT molecular complexity index is 1540. The Labute approximate surface area is 306 Å². The number of carboxylic acids is 1.